The minimum atomic E-state index is -0.464. The lowest BCUT2D eigenvalue weighted by Crippen LogP contribution is -2.42. The smallest absolute Gasteiger partial charge is 0.0663 e. The lowest BCUT2D eigenvalue weighted by Gasteiger charge is -2.34. The first-order chi connectivity index (χ1) is 6.16. The van der Waals surface area contributed by atoms with Gasteiger partial charge < -0.3 is 16.2 Å². The molecule has 4 N–H and O–H groups in total. The second-order valence-electron chi connectivity index (χ2n) is 4.31. The zero-order valence-electron chi connectivity index (χ0n) is 8.55. The lowest BCUT2D eigenvalue weighted by molar-refractivity contribution is -0.00898. The van der Waals surface area contributed by atoms with Crippen LogP contribution in [-0.2, 0) is 0 Å². The molecular formula is C10H22N2O. The van der Waals surface area contributed by atoms with Crippen LogP contribution in [0.4, 0.5) is 0 Å². The van der Waals surface area contributed by atoms with Crippen LogP contribution >= 0.6 is 0 Å². The maximum atomic E-state index is 10.2. The van der Waals surface area contributed by atoms with E-state index < -0.39 is 5.60 Å². The summed E-state index contributed by atoms with van der Waals surface area (Å²) < 4.78 is 0. The summed E-state index contributed by atoms with van der Waals surface area (Å²) in [4.78, 5) is 0. The van der Waals surface area contributed by atoms with Crippen LogP contribution in [0.1, 0.15) is 38.5 Å². The van der Waals surface area contributed by atoms with E-state index >= 15 is 0 Å². The molecule has 0 bridgehead atoms. The zero-order chi connectivity index (χ0) is 9.73. The van der Waals surface area contributed by atoms with Crippen LogP contribution in [0.15, 0.2) is 0 Å². The fourth-order valence-electron chi connectivity index (χ4n) is 2.24. The Hall–Kier alpha value is -0.120. The molecule has 0 aromatic rings. The highest BCUT2D eigenvalue weighted by Gasteiger charge is 2.30. The van der Waals surface area contributed by atoms with Crippen LogP contribution in [-0.4, -0.2) is 30.3 Å². The molecule has 0 aromatic heterocycles. The third-order valence-corrected chi connectivity index (χ3v) is 2.89. The van der Waals surface area contributed by atoms with Crippen molar-refractivity contribution in [3.05, 3.63) is 0 Å². The molecule has 0 saturated heterocycles. The molecule has 1 rings (SSSR count). The number of hydrogen-bond acceptors (Lipinski definition) is 3. The van der Waals surface area contributed by atoms with Crippen LogP contribution in [0, 0.1) is 0 Å². The molecular weight excluding hydrogens is 164 g/mol. The van der Waals surface area contributed by atoms with Gasteiger partial charge in [-0.05, 0) is 26.3 Å². The van der Waals surface area contributed by atoms with Crippen LogP contribution in [0.25, 0.3) is 0 Å². The molecule has 0 aliphatic heterocycles. The molecule has 3 heteroatoms. The highest BCUT2D eigenvalue weighted by Crippen LogP contribution is 2.31. The van der Waals surface area contributed by atoms with Crippen LogP contribution < -0.4 is 11.1 Å². The largest absolute Gasteiger partial charge is 0.390 e. The van der Waals surface area contributed by atoms with E-state index in [9.17, 15) is 5.11 Å². The summed E-state index contributed by atoms with van der Waals surface area (Å²) >= 11 is 0. The third kappa shape index (κ3) is 3.63. The Morgan fingerprint density at radius 3 is 2.54 bits per heavy atom. The second kappa shape index (κ2) is 4.94. The molecule has 3 nitrogen and oxygen atoms in total. The summed E-state index contributed by atoms with van der Waals surface area (Å²) in [6.07, 6.45) is 6.19. The van der Waals surface area contributed by atoms with E-state index in [4.69, 9.17) is 5.73 Å². The van der Waals surface area contributed by atoms with Crippen molar-refractivity contribution in [2.45, 2.75) is 50.2 Å². The van der Waals surface area contributed by atoms with Gasteiger partial charge in [0.2, 0.25) is 0 Å². The van der Waals surface area contributed by atoms with E-state index in [0.29, 0.717) is 0 Å². The number of nitrogens with two attached hydrogens (primary N) is 1. The first-order valence-corrected chi connectivity index (χ1v) is 5.29. The van der Waals surface area contributed by atoms with Crippen molar-refractivity contribution in [2.24, 2.45) is 5.73 Å². The molecule has 1 unspecified atom stereocenters. The first kappa shape index (κ1) is 11.0. The fraction of sp³-hybridized carbons (Fsp3) is 1.00. The Morgan fingerprint density at radius 1 is 1.38 bits per heavy atom. The Morgan fingerprint density at radius 2 is 2.00 bits per heavy atom. The van der Waals surface area contributed by atoms with E-state index in [2.05, 4.69) is 5.32 Å². The van der Waals surface area contributed by atoms with Crippen molar-refractivity contribution in [3.63, 3.8) is 0 Å². The molecule has 1 fully saturated rings. The average molecular weight is 186 g/mol. The van der Waals surface area contributed by atoms with E-state index in [1.165, 1.54) is 6.42 Å². The topological polar surface area (TPSA) is 58.3 Å². The number of aliphatic hydroxyl groups is 1. The summed E-state index contributed by atoms with van der Waals surface area (Å²) in [5, 5.41) is 13.2. The van der Waals surface area contributed by atoms with Gasteiger partial charge in [0.1, 0.15) is 0 Å². The predicted molar refractivity (Wildman–Crippen MR) is 54.6 cm³/mol. The normalized spacial score (nSPS) is 24.2. The monoisotopic (exact) mass is 186 g/mol. The Bertz CT molecular complexity index is 144. The van der Waals surface area contributed by atoms with Gasteiger partial charge in [0.05, 0.1) is 5.60 Å². The minimum absolute atomic E-state index is 0.0908. The lowest BCUT2D eigenvalue weighted by atomic mass is 9.80. The SMILES string of the molecule is CNCC(N)CC1(O)CCCCC1. The molecule has 1 aliphatic rings. The van der Waals surface area contributed by atoms with Gasteiger partial charge in [-0.3, -0.25) is 0 Å². The molecule has 13 heavy (non-hydrogen) atoms. The minimum Gasteiger partial charge on any atom is -0.390 e. The van der Waals surface area contributed by atoms with Crippen molar-refractivity contribution in [2.75, 3.05) is 13.6 Å². The summed E-state index contributed by atoms with van der Waals surface area (Å²) in [7, 11) is 1.89. The summed E-state index contributed by atoms with van der Waals surface area (Å²) in [5.74, 6) is 0. The van der Waals surface area contributed by atoms with Gasteiger partial charge in [-0.25, -0.2) is 0 Å². The summed E-state index contributed by atoms with van der Waals surface area (Å²) in [6.45, 7) is 0.794. The molecule has 0 spiro atoms. The average Bonchev–Trinajstić information content (AvgIpc) is 2.04. The van der Waals surface area contributed by atoms with Crippen molar-refractivity contribution in [3.8, 4) is 0 Å². The number of nitrogens with one attached hydrogen (secondary N) is 1. The zero-order valence-corrected chi connectivity index (χ0v) is 8.55. The van der Waals surface area contributed by atoms with Gasteiger partial charge in [-0.2, -0.15) is 0 Å². The van der Waals surface area contributed by atoms with Crippen LogP contribution in [0.2, 0.25) is 0 Å². The van der Waals surface area contributed by atoms with Crippen molar-refractivity contribution in [1.82, 2.24) is 5.32 Å². The van der Waals surface area contributed by atoms with E-state index in [-0.39, 0.29) is 6.04 Å². The van der Waals surface area contributed by atoms with E-state index in [0.717, 1.165) is 38.6 Å². The van der Waals surface area contributed by atoms with Gasteiger partial charge >= 0.3 is 0 Å². The Kier molecular flexibility index (Phi) is 4.16. The highest BCUT2D eigenvalue weighted by atomic mass is 16.3. The number of likely N-dealkylation sites (N-methyl/N-ethyl adjacent to an activating group) is 1. The van der Waals surface area contributed by atoms with Crippen molar-refractivity contribution >= 4 is 0 Å². The first-order valence-electron chi connectivity index (χ1n) is 5.29. The van der Waals surface area contributed by atoms with Crippen molar-refractivity contribution < 1.29 is 5.11 Å². The molecule has 1 atom stereocenters. The molecule has 0 aromatic carbocycles. The summed E-state index contributed by atoms with van der Waals surface area (Å²) in [6, 6.07) is 0.0908. The number of hydrogen-bond donors (Lipinski definition) is 3. The maximum absolute atomic E-state index is 10.2. The Labute approximate surface area is 80.7 Å². The standard InChI is InChI=1S/C10H22N2O/c1-12-8-9(11)7-10(13)5-3-2-4-6-10/h9,12-13H,2-8,11H2,1H3. The predicted octanol–water partition coefficient (Wildman–Crippen LogP) is 0.618. The molecule has 1 saturated carbocycles. The quantitative estimate of drug-likeness (QED) is 0.603. The second-order valence-corrected chi connectivity index (χ2v) is 4.31. The molecule has 0 amide bonds. The molecule has 78 valence electrons. The molecule has 1 aliphatic carbocycles. The van der Waals surface area contributed by atoms with E-state index in [1.807, 2.05) is 7.05 Å². The fourth-order valence-corrected chi connectivity index (χ4v) is 2.24. The third-order valence-electron chi connectivity index (χ3n) is 2.89. The highest BCUT2D eigenvalue weighted by molar-refractivity contribution is 4.86. The summed E-state index contributed by atoms with van der Waals surface area (Å²) in [5.41, 5.74) is 5.41. The van der Waals surface area contributed by atoms with Gasteiger partial charge in [-0.1, -0.05) is 19.3 Å². The van der Waals surface area contributed by atoms with Gasteiger partial charge in [0, 0.05) is 12.6 Å². The van der Waals surface area contributed by atoms with E-state index in [1.54, 1.807) is 0 Å². The van der Waals surface area contributed by atoms with Gasteiger partial charge in [0.25, 0.3) is 0 Å². The Balaban J connectivity index is 2.31. The van der Waals surface area contributed by atoms with Gasteiger partial charge in [-0.15, -0.1) is 0 Å². The molecule has 0 heterocycles. The number of rotatable bonds is 4. The van der Waals surface area contributed by atoms with Crippen LogP contribution in [0.5, 0.6) is 0 Å². The maximum Gasteiger partial charge on any atom is 0.0663 e. The van der Waals surface area contributed by atoms with Gasteiger partial charge in [0.15, 0.2) is 0 Å². The van der Waals surface area contributed by atoms with Crippen molar-refractivity contribution in [1.29, 1.82) is 0 Å². The van der Waals surface area contributed by atoms with Crippen LogP contribution in [0.3, 0.4) is 0 Å². The molecule has 0 radical (unpaired) electrons.